The number of aromatic nitrogens is 2. The van der Waals surface area contributed by atoms with Gasteiger partial charge < -0.3 is 11.1 Å². The number of anilines is 2. The molecule has 0 radical (unpaired) electrons. The van der Waals surface area contributed by atoms with Gasteiger partial charge in [0.05, 0.1) is 6.04 Å². The lowest BCUT2D eigenvalue weighted by atomic mass is 10.0. The molecule has 4 heteroatoms. The molecule has 1 aromatic heterocycles. The first kappa shape index (κ1) is 13.9. The first-order valence-corrected chi connectivity index (χ1v) is 7.52. The molecule has 1 aromatic carbocycles. The van der Waals surface area contributed by atoms with Crippen LogP contribution in [0, 0.1) is 13.8 Å². The Bertz CT molecular complexity index is 662. The van der Waals surface area contributed by atoms with Gasteiger partial charge >= 0.3 is 0 Å². The lowest BCUT2D eigenvalue weighted by Crippen LogP contribution is -2.13. The second kappa shape index (κ2) is 5.35. The van der Waals surface area contributed by atoms with Gasteiger partial charge in [0, 0.05) is 11.5 Å². The Labute approximate surface area is 125 Å². The van der Waals surface area contributed by atoms with Crippen molar-refractivity contribution in [1.82, 2.24) is 9.97 Å². The molecule has 3 rings (SSSR count). The molecule has 0 aliphatic heterocycles. The van der Waals surface area contributed by atoms with Crippen LogP contribution >= 0.6 is 0 Å². The fourth-order valence-electron chi connectivity index (χ4n) is 2.57. The summed E-state index contributed by atoms with van der Waals surface area (Å²) in [7, 11) is 0. The third-order valence-electron chi connectivity index (χ3n) is 4.15. The zero-order valence-electron chi connectivity index (χ0n) is 12.9. The summed E-state index contributed by atoms with van der Waals surface area (Å²) in [4.78, 5) is 9.11. The van der Waals surface area contributed by atoms with Crippen LogP contribution in [-0.2, 0) is 0 Å². The topological polar surface area (TPSA) is 63.8 Å². The number of nitrogens with two attached hydrogens (primary N) is 1. The van der Waals surface area contributed by atoms with Gasteiger partial charge in [0.2, 0.25) is 0 Å². The Morgan fingerprint density at radius 3 is 2.57 bits per heavy atom. The Kier molecular flexibility index (Phi) is 3.53. The summed E-state index contributed by atoms with van der Waals surface area (Å²) in [6, 6.07) is 8.59. The molecular formula is C17H22N4. The number of hydrogen-bond acceptors (Lipinski definition) is 4. The lowest BCUT2D eigenvalue weighted by molar-refractivity contribution is 0.844. The Morgan fingerprint density at radius 1 is 1.19 bits per heavy atom. The number of nitrogens with one attached hydrogen (secondary N) is 1. The second-order valence-electron chi connectivity index (χ2n) is 5.94. The van der Waals surface area contributed by atoms with E-state index in [-0.39, 0.29) is 6.04 Å². The van der Waals surface area contributed by atoms with Crippen molar-refractivity contribution in [3.05, 3.63) is 46.8 Å². The summed E-state index contributed by atoms with van der Waals surface area (Å²) in [5.74, 6) is 2.84. The van der Waals surface area contributed by atoms with E-state index in [0.717, 1.165) is 17.2 Å². The monoisotopic (exact) mass is 282 g/mol. The summed E-state index contributed by atoms with van der Waals surface area (Å²) in [5.41, 5.74) is 9.53. The molecule has 1 aliphatic carbocycles. The maximum Gasteiger partial charge on any atom is 0.136 e. The smallest absolute Gasteiger partial charge is 0.136 e. The molecule has 0 saturated heterocycles. The summed E-state index contributed by atoms with van der Waals surface area (Å²) in [6.45, 7) is 6.25. The third-order valence-corrected chi connectivity index (χ3v) is 4.15. The minimum atomic E-state index is 0.186. The van der Waals surface area contributed by atoms with Gasteiger partial charge in [0.15, 0.2) is 0 Å². The van der Waals surface area contributed by atoms with Crippen molar-refractivity contribution in [2.75, 3.05) is 11.1 Å². The average Bonchev–Trinajstić information content (AvgIpc) is 3.28. The quantitative estimate of drug-likeness (QED) is 0.897. The minimum Gasteiger partial charge on any atom is -0.383 e. The van der Waals surface area contributed by atoms with E-state index < -0.39 is 0 Å². The lowest BCUT2D eigenvalue weighted by Gasteiger charge is -2.19. The largest absolute Gasteiger partial charge is 0.383 e. The van der Waals surface area contributed by atoms with E-state index in [0.29, 0.717) is 11.7 Å². The predicted octanol–water partition coefficient (Wildman–Crippen LogP) is 3.73. The maximum absolute atomic E-state index is 6.04. The van der Waals surface area contributed by atoms with Crippen LogP contribution in [0.2, 0.25) is 0 Å². The molecule has 0 amide bonds. The van der Waals surface area contributed by atoms with Crippen LogP contribution in [-0.4, -0.2) is 9.97 Å². The molecule has 1 fully saturated rings. The second-order valence-corrected chi connectivity index (χ2v) is 5.94. The van der Waals surface area contributed by atoms with Crippen LogP contribution in [0.5, 0.6) is 0 Å². The molecule has 4 nitrogen and oxygen atoms in total. The van der Waals surface area contributed by atoms with E-state index in [4.69, 9.17) is 5.73 Å². The molecular weight excluding hydrogens is 260 g/mol. The number of benzene rings is 1. The normalized spacial score (nSPS) is 15.8. The van der Waals surface area contributed by atoms with E-state index in [1.807, 2.05) is 6.92 Å². The van der Waals surface area contributed by atoms with Crippen LogP contribution in [0.25, 0.3) is 0 Å². The predicted molar refractivity (Wildman–Crippen MR) is 86.4 cm³/mol. The zero-order valence-corrected chi connectivity index (χ0v) is 12.9. The number of nitrogens with zero attached hydrogens (tertiary/aromatic N) is 2. The average molecular weight is 282 g/mol. The molecule has 1 aliphatic rings. The van der Waals surface area contributed by atoms with Gasteiger partial charge in [-0.15, -0.1) is 0 Å². The van der Waals surface area contributed by atoms with Crippen LogP contribution < -0.4 is 11.1 Å². The highest BCUT2D eigenvalue weighted by Crippen LogP contribution is 2.39. The number of hydrogen-bond donors (Lipinski definition) is 2. The van der Waals surface area contributed by atoms with Gasteiger partial charge in [-0.2, -0.15) is 0 Å². The number of nitrogen functional groups attached to an aromatic ring is 1. The summed E-state index contributed by atoms with van der Waals surface area (Å²) in [5, 5.41) is 3.50. The molecule has 0 spiro atoms. The Balaban J connectivity index is 1.89. The van der Waals surface area contributed by atoms with Crippen molar-refractivity contribution in [1.29, 1.82) is 0 Å². The molecule has 0 bridgehead atoms. The summed E-state index contributed by atoms with van der Waals surface area (Å²) < 4.78 is 0. The van der Waals surface area contributed by atoms with Crippen molar-refractivity contribution < 1.29 is 0 Å². The first-order chi connectivity index (χ1) is 10.1. The summed E-state index contributed by atoms with van der Waals surface area (Å²) >= 11 is 0. The Hall–Kier alpha value is -2.10. The standard InChI is InChI=1S/C17H22N4/c1-10-6-4-5-7-14(10)12(3)19-16-11(2)15(18)20-17(21-16)13-8-9-13/h4-7,12-13H,8-9H2,1-3H3,(H3,18,19,20,21). The molecule has 2 aromatic rings. The number of aryl methyl sites for hydroxylation is 1. The van der Waals surface area contributed by atoms with E-state index in [1.165, 1.54) is 24.0 Å². The molecule has 3 N–H and O–H groups in total. The van der Waals surface area contributed by atoms with Crippen LogP contribution in [0.3, 0.4) is 0 Å². The van der Waals surface area contributed by atoms with Crippen molar-refractivity contribution in [3.8, 4) is 0 Å². The molecule has 1 atom stereocenters. The highest BCUT2D eigenvalue weighted by Gasteiger charge is 2.28. The van der Waals surface area contributed by atoms with Gasteiger partial charge in [-0.3, -0.25) is 0 Å². The molecule has 1 unspecified atom stereocenters. The van der Waals surface area contributed by atoms with Gasteiger partial charge in [0.1, 0.15) is 17.5 Å². The Morgan fingerprint density at radius 2 is 1.90 bits per heavy atom. The number of rotatable bonds is 4. The molecule has 21 heavy (non-hydrogen) atoms. The fourth-order valence-corrected chi connectivity index (χ4v) is 2.57. The van der Waals surface area contributed by atoms with Crippen molar-refractivity contribution in [2.24, 2.45) is 0 Å². The summed E-state index contributed by atoms with van der Waals surface area (Å²) in [6.07, 6.45) is 2.35. The highest BCUT2D eigenvalue weighted by atomic mass is 15.1. The van der Waals surface area contributed by atoms with E-state index in [1.54, 1.807) is 0 Å². The molecule has 1 heterocycles. The molecule has 1 saturated carbocycles. The highest BCUT2D eigenvalue weighted by molar-refractivity contribution is 5.56. The van der Waals surface area contributed by atoms with E-state index in [9.17, 15) is 0 Å². The van der Waals surface area contributed by atoms with Crippen molar-refractivity contribution in [2.45, 2.75) is 45.6 Å². The van der Waals surface area contributed by atoms with E-state index >= 15 is 0 Å². The van der Waals surface area contributed by atoms with Crippen LogP contribution in [0.15, 0.2) is 24.3 Å². The van der Waals surface area contributed by atoms with Gasteiger partial charge in [-0.1, -0.05) is 24.3 Å². The third kappa shape index (κ3) is 2.84. The van der Waals surface area contributed by atoms with Crippen LogP contribution in [0.1, 0.15) is 54.2 Å². The molecule has 110 valence electrons. The maximum atomic E-state index is 6.04. The van der Waals surface area contributed by atoms with Gasteiger partial charge in [0.25, 0.3) is 0 Å². The zero-order chi connectivity index (χ0) is 15.0. The van der Waals surface area contributed by atoms with Gasteiger partial charge in [-0.05, 0) is 44.7 Å². The van der Waals surface area contributed by atoms with Gasteiger partial charge in [-0.25, -0.2) is 9.97 Å². The van der Waals surface area contributed by atoms with Crippen molar-refractivity contribution >= 4 is 11.6 Å². The first-order valence-electron chi connectivity index (χ1n) is 7.52. The van der Waals surface area contributed by atoms with E-state index in [2.05, 4.69) is 53.4 Å². The minimum absolute atomic E-state index is 0.186. The van der Waals surface area contributed by atoms with Crippen molar-refractivity contribution in [3.63, 3.8) is 0 Å². The fraction of sp³-hybridized carbons (Fsp3) is 0.412. The SMILES string of the molecule is Cc1ccccc1C(C)Nc1nc(C2CC2)nc(N)c1C. The van der Waals surface area contributed by atoms with Crippen LogP contribution in [0.4, 0.5) is 11.6 Å².